The van der Waals surface area contributed by atoms with Gasteiger partial charge in [-0.1, -0.05) is 18.7 Å². The molecule has 0 fully saturated rings. The molecule has 1 aromatic carbocycles. The molecule has 0 atom stereocenters. The molecule has 1 rings (SSSR count). The van der Waals surface area contributed by atoms with E-state index in [9.17, 15) is 13.5 Å². The Balaban J connectivity index is 2.80. The molecule has 0 aliphatic rings. The molecule has 0 aliphatic carbocycles. The first kappa shape index (κ1) is 14.1. The molecule has 96 valence electrons. The summed E-state index contributed by atoms with van der Waals surface area (Å²) in [7, 11) is -3.45. The zero-order valence-corrected chi connectivity index (χ0v) is 10.5. The lowest BCUT2D eigenvalue weighted by atomic mass is 10.3. The number of phenolic OH excluding ortho intramolecular Hbond substituents is 1. The summed E-state index contributed by atoms with van der Waals surface area (Å²) >= 11 is 0. The van der Waals surface area contributed by atoms with E-state index in [0.29, 0.717) is 0 Å². The van der Waals surface area contributed by atoms with Gasteiger partial charge in [0, 0.05) is 0 Å². The van der Waals surface area contributed by atoms with Crippen molar-refractivity contribution < 1.29 is 18.6 Å². The molecule has 0 saturated heterocycles. The molecular weight excluding hydrogens is 252 g/mol. The Bertz CT molecular complexity index is 566. The van der Waals surface area contributed by atoms with Crippen molar-refractivity contribution in [3.63, 3.8) is 0 Å². The minimum atomic E-state index is -3.45. The Morgan fingerprint density at radius 3 is 2.44 bits per heavy atom. The van der Waals surface area contributed by atoms with Crippen LogP contribution in [-0.2, 0) is 9.84 Å². The standard InChI is InChI=1S/C13H14O4S/c1-2-4-11(14)5-3-10-18(16,17)13-8-6-12(15)7-9-13/h2-9,14-15H,1,10H2/b5-3-,11-4+. The molecule has 18 heavy (non-hydrogen) atoms. The van der Waals surface area contributed by atoms with Crippen LogP contribution in [0.2, 0.25) is 0 Å². The van der Waals surface area contributed by atoms with Crippen molar-refractivity contribution in [2.45, 2.75) is 4.90 Å². The quantitative estimate of drug-likeness (QED) is 0.633. The Morgan fingerprint density at radius 2 is 1.89 bits per heavy atom. The largest absolute Gasteiger partial charge is 0.508 e. The van der Waals surface area contributed by atoms with E-state index in [1.165, 1.54) is 48.6 Å². The first-order valence-electron chi connectivity index (χ1n) is 5.16. The maximum absolute atomic E-state index is 11.8. The summed E-state index contributed by atoms with van der Waals surface area (Å²) in [4.78, 5) is 0.122. The Labute approximate surface area is 106 Å². The number of allylic oxidation sites excluding steroid dienone is 3. The Kier molecular flexibility index (Phi) is 4.74. The maximum atomic E-state index is 11.8. The molecule has 0 aliphatic heterocycles. The van der Waals surface area contributed by atoms with Gasteiger partial charge in [-0.2, -0.15) is 0 Å². The van der Waals surface area contributed by atoms with Gasteiger partial charge in [0.2, 0.25) is 0 Å². The number of rotatable bonds is 5. The van der Waals surface area contributed by atoms with Crippen molar-refractivity contribution >= 4 is 9.84 Å². The van der Waals surface area contributed by atoms with Crippen molar-refractivity contribution in [1.82, 2.24) is 0 Å². The minimum Gasteiger partial charge on any atom is -0.508 e. The van der Waals surface area contributed by atoms with Gasteiger partial charge in [0.15, 0.2) is 9.84 Å². The topological polar surface area (TPSA) is 74.6 Å². The second-order valence-corrected chi connectivity index (χ2v) is 5.54. The zero-order valence-electron chi connectivity index (χ0n) is 9.65. The molecule has 0 heterocycles. The number of aliphatic hydroxyl groups is 1. The van der Waals surface area contributed by atoms with Crippen molar-refractivity contribution in [2.75, 3.05) is 5.75 Å². The smallest absolute Gasteiger partial charge is 0.181 e. The van der Waals surface area contributed by atoms with Crippen LogP contribution in [-0.4, -0.2) is 24.4 Å². The summed E-state index contributed by atoms with van der Waals surface area (Å²) in [5.74, 6) is -0.283. The molecule has 0 radical (unpaired) electrons. The van der Waals surface area contributed by atoms with Gasteiger partial charge in [0.25, 0.3) is 0 Å². The van der Waals surface area contributed by atoms with Gasteiger partial charge >= 0.3 is 0 Å². The zero-order chi connectivity index (χ0) is 13.6. The van der Waals surface area contributed by atoms with E-state index in [1.54, 1.807) is 0 Å². The monoisotopic (exact) mass is 266 g/mol. The molecule has 0 unspecified atom stereocenters. The third-order valence-electron chi connectivity index (χ3n) is 2.09. The molecule has 0 aromatic heterocycles. The van der Waals surface area contributed by atoms with E-state index in [-0.39, 0.29) is 22.2 Å². The van der Waals surface area contributed by atoms with E-state index < -0.39 is 9.84 Å². The predicted octanol–water partition coefficient (Wildman–Crippen LogP) is 2.35. The fourth-order valence-corrected chi connectivity index (χ4v) is 2.31. The van der Waals surface area contributed by atoms with Gasteiger partial charge in [-0.3, -0.25) is 0 Å². The summed E-state index contributed by atoms with van der Waals surface area (Å²) in [5.41, 5.74) is 0. The normalized spacial score (nSPS) is 12.8. The van der Waals surface area contributed by atoms with E-state index in [1.807, 2.05) is 0 Å². The van der Waals surface area contributed by atoms with Crippen molar-refractivity contribution in [3.8, 4) is 5.75 Å². The van der Waals surface area contributed by atoms with Crippen LogP contribution in [0.1, 0.15) is 0 Å². The lowest BCUT2D eigenvalue weighted by molar-refractivity contribution is 0.432. The second kappa shape index (κ2) is 6.07. The van der Waals surface area contributed by atoms with Gasteiger partial charge < -0.3 is 10.2 Å². The van der Waals surface area contributed by atoms with Gasteiger partial charge in [-0.05, 0) is 36.4 Å². The SMILES string of the molecule is C=C/C=C(O)\C=C/CS(=O)(=O)c1ccc(O)cc1. The lowest BCUT2D eigenvalue weighted by Gasteiger charge is -2.01. The van der Waals surface area contributed by atoms with E-state index >= 15 is 0 Å². The lowest BCUT2D eigenvalue weighted by Crippen LogP contribution is -2.04. The molecule has 0 spiro atoms. The molecule has 0 amide bonds. The minimum absolute atomic E-state index is 0.0102. The summed E-state index contributed by atoms with van der Waals surface area (Å²) in [5, 5.41) is 18.3. The van der Waals surface area contributed by atoms with Crippen molar-refractivity contribution in [3.05, 3.63) is 60.9 Å². The number of phenols is 1. The van der Waals surface area contributed by atoms with Gasteiger partial charge in [0.05, 0.1) is 10.6 Å². The average Bonchev–Trinajstić information content (AvgIpc) is 2.29. The van der Waals surface area contributed by atoms with Crippen molar-refractivity contribution in [1.29, 1.82) is 0 Å². The molecular formula is C13H14O4S. The van der Waals surface area contributed by atoms with Gasteiger partial charge in [-0.25, -0.2) is 8.42 Å². The first-order chi connectivity index (χ1) is 8.45. The Morgan fingerprint density at radius 1 is 1.28 bits per heavy atom. The molecule has 2 N–H and O–H groups in total. The summed E-state index contributed by atoms with van der Waals surface area (Å²) in [6.07, 6.45) is 5.38. The van der Waals surface area contributed by atoms with Crippen LogP contribution in [0.3, 0.4) is 0 Å². The second-order valence-electron chi connectivity index (χ2n) is 3.50. The van der Waals surface area contributed by atoms with E-state index in [2.05, 4.69) is 6.58 Å². The highest BCUT2D eigenvalue weighted by Gasteiger charge is 2.11. The number of benzene rings is 1. The van der Waals surface area contributed by atoms with E-state index in [4.69, 9.17) is 5.11 Å². The summed E-state index contributed by atoms with van der Waals surface area (Å²) in [6.45, 7) is 3.40. The average molecular weight is 266 g/mol. The molecule has 5 heteroatoms. The predicted molar refractivity (Wildman–Crippen MR) is 70.2 cm³/mol. The highest BCUT2D eigenvalue weighted by molar-refractivity contribution is 7.91. The molecule has 0 bridgehead atoms. The number of aliphatic hydroxyl groups excluding tert-OH is 1. The van der Waals surface area contributed by atoms with Crippen LogP contribution < -0.4 is 0 Å². The fourth-order valence-electron chi connectivity index (χ4n) is 1.22. The number of hydrogen-bond acceptors (Lipinski definition) is 4. The van der Waals surface area contributed by atoms with Crippen LogP contribution in [0.5, 0.6) is 5.75 Å². The molecule has 4 nitrogen and oxygen atoms in total. The first-order valence-corrected chi connectivity index (χ1v) is 6.81. The highest BCUT2D eigenvalue weighted by atomic mass is 32.2. The van der Waals surface area contributed by atoms with Gasteiger partial charge in [-0.15, -0.1) is 0 Å². The van der Waals surface area contributed by atoms with E-state index in [0.717, 1.165) is 0 Å². The number of hydrogen-bond donors (Lipinski definition) is 2. The van der Waals surface area contributed by atoms with Crippen LogP contribution in [0, 0.1) is 0 Å². The van der Waals surface area contributed by atoms with Gasteiger partial charge in [0.1, 0.15) is 11.5 Å². The van der Waals surface area contributed by atoms with Crippen LogP contribution in [0.15, 0.2) is 65.8 Å². The fraction of sp³-hybridized carbons (Fsp3) is 0.0769. The van der Waals surface area contributed by atoms with Crippen LogP contribution in [0.4, 0.5) is 0 Å². The summed E-state index contributed by atoms with van der Waals surface area (Å²) in [6, 6.07) is 5.28. The number of aromatic hydroxyl groups is 1. The summed E-state index contributed by atoms with van der Waals surface area (Å²) < 4.78 is 23.7. The number of sulfone groups is 1. The third-order valence-corrected chi connectivity index (χ3v) is 3.71. The third kappa shape index (κ3) is 4.10. The molecule has 0 saturated carbocycles. The Hall–Kier alpha value is -2.01. The van der Waals surface area contributed by atoms with Crippen molar-refractivity contribution in [2.24, 2.45) is 0 Å². The van der Waals surface area contributed by atoms with Crippen LogP contribution >= 0.6 is 0 Å². The highest BCUT2D eigenvalue weighted by Crippen LogP contribution is 2.15. The molecule has 1 aromatic rings. The maximum Gasteiger partial charge on any atom is 0.181 e. The van der Waals surface area contributed by atoms with Crippen LogP contribution in [0.25, 0.3) is 0 Å².